The van der Waals surface area contributed by atoms with Crippen LogP contribution in [0.1, 0.15) is 18.4 Å². The lowest BCUT2D eigenvalue weighted by atomic mass is 10.1. The van der Waals surface area contributed by atoms with E-state index in [4.69, 9.17) is 15.9 Å². The summed E-state index contributed by atoms with van der Waals surface area (Å²) >= 11 is 0. The summed E-state index contributed by atoms with van der Waals surface area (Å²) in [6, 6.07) is 8.48. The van der Waals surface area contributed by atoms with Crippen LogP contribution in [0.4, 0.5) is 0 Å². The molecule has 0 aromatic heterocycles. The molecule has 1 aromatic rings. The van der Waals surface area contributed by atoms with Crippen molar-refractivity contribution in [3.8, 4) is 12.3 Å². The molecule has 0 N–H and O–H groups in total. The molecule has 0 fully saturated rings. The summed E-state index contributed by atoms with van der Waals surface area (Å²) in [6.45, 7) is 0.925. The molecule has 0 heterocycles. The largest absolute Gasteiger partial charge is 0.467 e. The Balaban J connectivity index is 2.96. The number of carbonyl (C=O) groups is 2. The lowest BCUT2D eigenvalue weighted by Gasteiger charge is -2.27. The van der Waals surface area contributed by atoms with Crippen molar-refractivity contribution in [3.63, 3.8) is 0 Å². The molecule has 0 amide bonds. The Bertz CT molecular complexity index is 505. The van der Waals surface area contributed by atoms with E-state index >= 15 is 0 Å². The molecular weight excluding hydrogens is 282 g/mol. The Hall–Kier alpha value is -2.32. The third kappa shape index (κ3) is 5.23. The van der Waals surface area contributed by atoms with E-state index in [-0.39, 0.29) is 0 Å². The molecule has 1 aromatic carbocycles. The molecule has 5 heteroatoms. The molecule has 0 aliphatic carbocycles. The van der Waals surface area contributed by atoms with Gasteiger partial charge in [-0.2, -0.15) is 0 Å². The molecule has 0 saturated carbocycles. The molecule has 1 rings (SSSR count). The van der Waals surface area contributed by atoms with Gasteiger partial charge < -0.3 is 9.47 Å². The fraction of sp³-hybridized carbons (Fsp3) is 0.412. The highest BCUT2D eigenvalue weighted by Crippen LogP contribution is 2.12. The van der Waals surface area contributed by atoms with Gasteiger partial charge in [-0.15, -0.1) is 12.3 Å². The summed E-state index contributed by atoms with van der Waals surface area (Å²) in [7, 11) is 2.50. The van der Waals surface area contributed by atoms with Crippen LogP contribution < -0.4 is 0 Å². The van der Waals surface area contributed by atoms with Gasteiger partial charge in [0, 0.05) is 19.5 Å². The SMILES string of the molecule is C#CCCCN(Cc1ccccc1)C(C(=O)OC)C(=O)OC. The van der Waals surface area contributed by atoms with Crippen molar-refractivity contribution in [3.05, 3.63) is 35.9 Å². The first-order valence-electron chi connectivity index (χ1n) is 7.01. The maximum atomic E-state index is 12.0. The molecule has 0 spiro atoms. The normalized spacial score (nSPS) is 10.3. The monoisotopic (exact) mass is 303 g/mol. The lowest BCUT2D eigenvalue weighted by molar-refractivity contribution is -0.161. The number of rotatable bonds is 8. The Morgan fingerprint density at radius 3 is 2.27 bits per heavy atom. The second-order valence-corrected chi connectivity index (χ2v) is 4.71. The van der Waals surface area contributed by atoms with Crippen LogP contribution in [0.3, 0.4) is 0 Å². The molecule has 0 atom stereocenters. The number of nitrogens with zero attached hydrogens (tertiary/aromatic N) is 1. The second kappa shape index (κ2) is 9.59. The van der Waals surface area contributed by atoms with Gasteiger partial charge in [0.1, 0.15) is 0 Å². The molecule has 118 valence electrons. The standard InChI is InChI=1S/C17H21NO4/c1-4-5-9-12-18(13-14-10-7-6-8-11-14)15(16(19)21-2)17(20)22-3/h1,6-8,10-11,15H,5,9,12-13H2,2-3H3. The van der Waals surface area contributed by atoms with Crippen LogP contribution in [0, 0.1) is 12.3 Å². The van der Waals surface area contributed by atoms with Crippen molar-refractivity contribution in [2.75, 3.05) is 20.8 Å². The molecule has 0 radical (unpaired) electrons. The Kier molecular flexibility index (Phi) is 7.73. The second-order valence-electron chi connectivity index (χ2n) is 4.71. The molecular formula is C17H21NO4. The minimum atomic E-state index is -1.09. The van der Waals surface area contributed by atoms with Crippen LogP contribution in [0.25, 0.3) is 0 Å². The zero-order chi connectivity index (χ0) is 16.4. The van der Waals surface area contributed by atoms with Gasteiger partial charge in [0.05, 0.1) is 14.2 Å². The highest BCUT2D eigenvalue weighted by molar-refractivity contribution is 5.99. The van der Waals surface area contributed by atoms with Crippen molar-refractivity contribution in [1.29, 1.82) is 0 Å². The van der Waals surface area contributed by atoms with Crippen LogP contribution in [0.5, 0.6) is 0 Å². The van der Waals surface area contributed by atoms with Crippen molar-refractivity contribution in [1.82, 2.24) is 4.90 Å². The molecule has 0 unspecified atom stereocenters. The van der Waals surface area contributed by atoms with Gasteiger partial charge >= 0.3 is 11.9 Å². The van der Waals surface area contributed by atoms with Gasteiger partial charge in [-0.25, -0.2) is 9.59 Å². The van der Waals surface area contributed by atoms with Gasteiger partial charge in [-0.1, -0.05) is 30.3 Å². The van der Waals surface area contributed by atoms with Gasteiger partial charge in [0.25, 0.3) is 0 Å². The van der Waals surface area contributed by atoms with Crippen LogP contribution in [-0.2, 0) is 25.6 Å². The van der Waals surface area contributed by atoms with Crippen molar-refractivity contribution >= 4 is 11.9 Å². The topological polar surface area (TPSA) is 55.8 Å². The van der Waals surface area contributed by atoms with Crippen molar-refractivity contribution in [2.45, 2.75) is 25.4 Å². The quantitative estimate of drug-likeness (QED) is 0.316. The van der Waals surface area contributed by atoms with E-state index in [0.29, 0.717) is 25.9 Å². The third-order valence-corrected chi connectivity index (χ3v) is 3.21. The predicted octanol–water partition coefficient (Wildman–Crippen LogP) is 1.62. The highest BCUT2D eigenvalue weighted by atomic mass is 16.5. The summed E-state index contributed by atoms with van der Waals surface area (Å²) in [5.74, 6) is 1.28. The number of hydrogen-bond donors (Lipinski definition) is 0. The number of benzene rings is 1. The smallest absolute Gasteiger partial charge is 0.334 e. The van der Waals surface area contributed by atoms with Crippen LogP contribution in [0.15, 0.2) is 30.3 Å². The highest BCUT2D eigenvalue weighted by Gasteiger charge is 2.34. The van der Waals surface area contributed by atoms with Gasteiger partial charge in [0.15, 0.2) is 0 Å². The molecule has 0 aliphatic rings. The summed E-state index contributed by atoms with van der Waals surface area (Å²) in [5, 5.41) is 0. The molecule has 0 aliphatic heterocycles. The minimum Gasteiger partial charge on any atom is -0.467 e. The first-order chi connectivity index (χ1) is 10.6. The molecule has 22 heavy (non-hydrogen) atoms. The zero-order valence-electron chi connectivity index (χ0n) is 13.0. The number of unbranched alkanes of at least 4 members (excludes halogenated alkanes) is 1. The Labute approximate surface area is 131 Å². The van der Waals surface area contributed by atoms with E-state index in [9.17, 15) is 9.59 Å². The third-order valence-electron chi connectivity index (χ3n) is 3.21. The number of carbonyl (C=O) groups excluding carboxylic acids is 2. The van der Waals surface area contributed by atoms with Gasteiger partial charge in [-0.3, -0.25) is 4.90 Å². The van der Waals surface area contributed by atoms with Gasteiger partial charge in [0.2, 0.25) is 6.04 Å². The number of terminal acetylenes is 1. The van der Waals surface area contributed by atoms with Gasteiger partial charge in [-0.05, 0) is 12.0 Å². The van der Waals surface area contributed by atoms with E-state index in [1.807, 2.05) is 30.3 Å². The first-order valence-corrected chi connectivity index (χ1v) is 7.01. The van der Waals surface area contributed by atoms with E-state index in [1.165, 1.54) is 14.2 Å². The zero-order valence-corrected chi connectivity index (χ0v) is 13.0. The van der Waals surface area contributed by atoms with Crippen molar-refractivity contribution < 1.29 is 19.1 Å². The molecule has 0 saturated heterocycles. The average molecular weight is 303 g/mol. The fourth-order valence-electron chi connectivity index (χ4n) is 2.12. The summed E-state index contributed by atoms with van der Waals surface area (Å²) in [4.78, 5) is 25.7. The summed E-state index contributed by atoms with van der Waals surface area (Å²) < 4.78 is 9.48. The summed E-state index contributed by atoms with van der Waals surface area (Å²) in [5.41, 5.74) is 0.987. The Morgan fingerprint density at radius 1 is 1.18 bits per heavy atom. The number of ether oxygens (including phenoxy) is 2. The fourth-order valence-corrected chi connectivity index (χ4v) is 2.12. The van der Waals surface area contributed by atoms with E-state index in [2.05, 4.69) is 5.92 Å². The minimum absolute atomic E-state index is 0.431. The lowest BCUT2D eigenvalue weighted by Crippen LogP contribution is -2.48. The first kappa shape index (κ1) is 17.7. The summed E-state index contributed by atoms with van der Waals surface area (Å²) in [6.07, 6.45) is 6.51. The van der Waals surface area contributed by atoms with Crippen LogP contribution >= 0.6 is 0 Å². The van der Waals surface area contributed by atoms with Crippen LogP contribution in [0.2, 0.25) is 0 Å². The predicted molar refractivity (Wildman–Crippen MR) is 82.7 cm³/mol. The maximum Gasteiger partial charge on any atom is 0.334 e. The Morgan fingerprint density at radius 2 is 1.77 bits per heavy atom. The van der Waals surface area contributed by atoms with E-state index < -0.39 is 18.0 Å². The molecule has 0 bridgehead atoms. The van der Waals surface area contributed by atoms with E-state index in [0.717, 1.165) is 5.56 Å². The average Bonchev–Trinajstić information content (AvgIpc) is 2.55. The molecule has 5 nitrogen and oxygen atoms in total. The maximum absolute atomic E-state index is 12.0. The number of methoxy groups -OCH3 is 2. The van der Waals surface area contributed by atoms with Crippen molar-refractivity contribution in [2.24, 2.45) is 0 Å². The number of hydrogen-bond acceptors (Lipinski definition) is 5. The van der Waals surface area contributed by atoms with E-state index in [1.54, 1.807) is 4.90 Å². The number of esters is 2. The van der Waals surface area contributed by atoms with Crippen LogP contribution in [-0.4, -0.2) is 43.6 Å².